The highest BCUT2D eigenvalue weighted by Gasteiger charge is 2.19. The zero-order valence-corrected chi connectivity index (χ0v) is 17.5. The summed E-state index contributed by atoms with van der Waals surface area (Å²) in [6.07, 6.45) is 0.718. The highest BCUT2D eigenvalue weighted by Crippen LogP contribution is 2.36. The molecule has 0 aliphatic rings. The molecule has 0 saturated carbocycles. The van der Waals surface area contributed by atoms with E-state index in [1.807, 2.05) is 20.8 Å². The molecule has 0 radical (unpaired) electrons. The largest absolute Gasteiger partial charge is 0.493 e. The Bertz CT molecular complexity index is 708. The van der Waals surface area contributed by atoms with Gasteiger partial charge in [0.1, 0.15) is 0 Å². The third-order valence-electron chi connectivity index (χ3n) is 3.60. The van der Waals surface area contributed by atoms with Crippen molar-refractivity contribution in [1.82, 2.24) is 10.6 Å². The molecule has 0 aromatic heterocycles. The fraction of sp³-hybridized carbons (Fsp3) is 0.526. The summed E-state index contributed by atoms with van der Waals surface area (Å²) in [7, 11) is 1.42. The fourth-order valence-corrected chi connectivity index (χ4v) is 2.23. The Morgan fingerprint density at radius 2 is 1.86 bits per heavy atom. The second-order valence-corrected chi connectivity index (χ2v) is 7.01. The Kier molecular flexibility index (Phi) is 9.58. The predicted octanol–water partition coefficient (Wildman–Crippen LogP) is 3.16. The van der Waals surface area contributed by atoms with Crippen molar-refractivity contribution in [3.63, 3.8) is 0 Å². The van der Waals surface area contributed by atoms with Crippen LogP contribution in [-0.4, -0.2) is 44.3 Å². The number of methoxy groups -OCH3 is 1. The summed E-state index contributed by atoms with van der Waals surface area (Å²) in [6.45, 7) is 7.49. The van der Waals surface area contributed by atoms with Gasteiger partial charge in [-0.15, -0.1) is 0 Å². The summed E-state index contributed by atoms with van der Waals surface area (Å²) < 4.78 is 15.8. The summed E-state index contributed by atoms with van der Waals surface area (Å²) >= 11 is 6.19. The molecule has 1 aromatic rings. The molecule has 1 rings (SSSR count). The molecular weight excluding hydrogens is 388 g/mol. The molecule has 0 unspecified atom stereocenters. The van der Waals surface area contributed by atoms with Crippen LogP contribution in [0.15, 0.2) is 12.1 Å². The van der Waals surface area contributed by atoms with E-state index in [2.05, 4.69) is 10.6 Å². The molecule has 0 saturated heterocycles. The maximum absolute atomic E-state index is 12.2. The van der Waals surface area contributed by atoms with E-state index in [-0.39, 0.29) is 28.3 Å². The number of halogens is 1. The van der Waals surface area contributed by atoms with Crippen LogP contribution in [0.3, 0.4) is 0 Å². The van der Waals surface area contributed by atoms with Crippen LogP contribution >= 0.6 is 11.6 Å². The SMILES string of the molecule is CC[C@@H](C)NC(=O)NC(=O)COC(=O)c1cc(Cl)c(OCC(C)C)c(OC)c1. The van der Waals surface area contributed by atoms with Crippen LogP contribution in [0.1, 0.15) is 44.5 Å². The highest BCUT2D eigenvalue weighted by atomic mass is 35.5. The van der Waals surface area contributed by atoms with Crippen LogP contribution in [0.25, 0.3) is 0 Å². The third-order valence-corrected chi connectivity index (χ3v) is 3.88. The monoisotopic (exact) mass is 414 g/mol. The number of ether oxygens (including phenoxy) is 3. The van der Waals surface area contributed by atoms with E-state index in [4.69, 9.17) is 25.8 Å². The topological polar surface area (TPSA) is 103 Å². The lowest BCUT2D eigenvalue weighted by Crippen LogP contribution is -2.44. The zero-order valence-electron chi connectivity index (χ0n) is 16.8. The fourth-order valence-electron chi connectivity index (χ4n) is 1.97. The van der Waals surface area contributed by atoms with E-state index in [0.29, 0.717) is 12.4 Å². The van der Waals surface area contributed by atoms with Gasteiger partial charge in [0, 0.05) is 6.04 Å². The van der Waals surface area contributed by atoms with Gasteiger partial charge in [0.15, 0.2) is 18.1 Å². The quantitative estimate of drug-likeness (QED) is 0.601. The Balaban J connectivity index is 2.70. The Morgan fingerprint density at radius 3 is 2.43 bits per heavy atom. The number of carbonyl (C=O) groups excluding carboxylic acids is 3. The molecule has 1 atom stereocenters. The van der Waals surface area contributed by atoms with Gasteiger partial charge in [-0.25, -0.2) is 9.59 Å². The van der Waals surface area contributed by atoms with Crippen molar-refractivity contribution in [2.75, 3.05) is 20.3 Å². The first-order chi connectivity index (χ1) is 13.2. The molecule has 0 fully saturated rings. The van der Waals surface area contributed by atoms with Crippen molar-refractivity contribution in [2.24, 2.45) is 5.92 Å². The highest BCUT2D eigenvalue weighted by molar-refractivity contribution is 6.32. The summed E-state index contributed by atoms with van der Waals surface area (Å²) in [5, 5.41) is 4.84. The van der Waals surface area contributed by atoms with Crippen molar-refractivity contribution in [2.45, 2.75) is 40.2 Å². The van der Waals surface area contributed by atoms with Crippen LogP contribution in [0.4, 0.5) is 4.79 Å². The van der Waals surface area contributed by atoms with Crippen LogP contribution < -0.4 is 20.1 Å². The van der Waals surface area contributed by atoms with Crippen LogP contribution in [0, 0.1) is 5.92 Å². The van der Waals surface area contributed by atoms with Gasteiger partial charge in [-0.05, 0) is 31.4 Å². The van der Waals surface area contributed by atoms with E-state index in [1.54, 1.807) is 6.92 Å². The van der Waals surface area contributed by atoms with Crippen molar-refractivity contribution in [3.05, 3.63) is 22.7 Å². The molecule has 2 N–H and O–H groups in total. The van der Waals surface area contributed by atoms with Gasteiger partial charge < -0.3 is 19.5 Å². The van der Waals surface area contributed by atoms with Gasteiger partial charge in [-0.1, -0.05) is 32.4 Å². The minimum atomic E-state index is -0.784. The third kappa shape index (κ3) is 7.64. The average molecular weight is 415 g/mol. The van der Waals surface area contributed by atoms with Gasteiger partial charge in [0.25, 0.3) is 5.91 Å². The van der Waals surface area contributed by atoms with E-state index in [1.165, 1.54) is 19.2 Å². The van der Waals surface area contributed by atoms with Gasteiger partial charge in [0.05, 0.1) is 24.3 Å². The molecule has 0 bridgehead atoms. The van der Waals surface area contributed by atoms with Crippen molar-refractivity contribution >= 4 is 29.5 Å². The Morgan fingerprint density at radius 1 is 1.18 bits per heavy atom. The predicted molar refractivity (Wildman–Crippen MR) is 105 cm³/mol. The molecule has 0 spiro atoms. The first-order valence-corrected chi connectivity index (χ1v) is 9.33. The number of hydrogen-bond donors (Lipinski definition) is 2. The van der Waals surface area contributed by atoms with E-state index in [0.717, 1.165) is 6.42 Å². The van der Waals surface area contributed by atoms with E-state index in [9.17, 15) is 14.4 Å². The minimum absolute atomic E-state index is 0.0820. The number of carbonyl (C=O) groups is 3. The number of rotatable bonds is 9. The summed E-state index contributed by atoms with van der Waals surface area (Å²) in [4.78, 5) is 35.5. The van der Waals surface area contributed by atoms with Gasteiger partial charge in [0.2, 0.25) is 0 Å². The summed E-state index contributed by atoms with van der Waals surface area (Å²) in [6, 6.07) is 2.06. The lowest BCUT2D eigenvalue weighted by Gasteiger charge is -2.15. The number of hydrogen-bond acceptors (Lipinski definition) is 6. The van der Waals surface area contributed by atoms with Crippen molar-refractivity contribution < 1.29 is 28.6 Å². The number of nitrogens with one attached hydrogen (secondary N) is 2. The Hall–Kier alpha value is -2.48. The van der Waals surface area contributed by atoms with Crippen molar-refractivity contribution in [3.8, 4) is 11.5 Å². The second kappa shape index (κ2) is 11.4. The number of benzene rings is 1. The maximum atomic E-state index is 12.2. The van der Waals surface area contributed by atoms with E-state index >= 15 is 0 Å². The molecule has 28 heavy (non-hydrogen) atoms. The number of urea groups is 1. The Labute approximate surface area is 169 Å². The molecule has 1 aromatic carbocycles. The molecule has 3 amide bonds. The molecular formula is C19H27ClN2O6. The average Bonchev–Trinajstić information content (AvgIpc) is 2.63. The van der Waals surface area contributed by atoms with E-state index < -0.39 is 24.5 Å². The number of imide groups is 1. The minimum Gasteiger partial charge on any atom is -0.493 e. The lowest BCUT2D eigenvalue weighted by atomic mass is 10.2. The zero-order chi connectivity index (χ0) is 21.3. The van der Waals surface area contributed by atoms with Crippen LogP contribution in [0.5, 0.6) is 11.5 Å². The number of amides is 3. The lowest BCUT2D eigenvalue weighted by molar-refractivity contribution is -0.123. The summed E-state index contributed by atoms with van der Waals surface area (Å²) in [5.41, 5.74) is 0.0932. The smallest absolute Gasteiger partial charge is 0.338 e. The standard InChI is InChI=1S/C19H27ClN2O6/c1-6-12(4)21-19(25)22-16(23)10-28-18(24)13-7-14(20)17(15(8-13)26-5)27-9-11(2)3/h7-8,11-12H,6,9-10H2,1-5H3,(H2,21,22,23,25)/t12-/m1/s1. The van der Waals surface area contributed by atoms with Crippen LogP contribution in [-0.2, 0) is 9.53 Å². The van der Waals surface area contributed by atoms with Crippen molar-refractivity contribution in [1.29, 1.82) is 0 Å². The second-order valence-electron chi connectivity index (χ2n) is 6.60. The van der Waals surface area contributed by atoms with Crippen LogP contribution in [0.2, 0.25) is 5.02 Å². The molecule has 9 heteroatoms. The van der Waals surface area contributed by atoms with Gasteiger partial charge in [-0.3, -0.25) is 10.1 Å². The molecule has 156 valence electrons. The molecule has 0 aliphatic heterocycles. The molecule has 0 heterocycles. The normalized spacial score (nSPS) is 11.5. The summed E-state index contributed by atoms with van der Waals surface area (Å²) in [5.74, 6) is -0.648. The van der Waals surface area contributed by atoms with Gasteiger partial charge in [-0.2, -0.15) is 0 Å². The number of esters is 1. The molecule has 8 nitrogen and oxygen atoms in total. The first-order valence-electron chi connectivity index (χ1n) is 8.95. The van der Waals surface area contributed by atoms with Gasteiger partial charge >= 0.3 is 12.0 Å². The first kappa shape index (κ1) is 23.6. The maximum Gasteiger partial charge on any atom is 0.338 e. The molecule has 0 aliphatic carbocycles.